The molecule has 0 aliphatic rings. The summed E-state index contributed by atoms with van der Waals surface area (Å²) in [6, 6.07) is 4.25. The number of aryl methyl sites for hydroxylation is 3. The SMILES string of the molecule is CN=C(N)Nc1c(C)cc(C)cc1C. The molecule has 0 aromatic heterocycles. The summed E-state index contributed by atoms with van der Waals surface area (Å²) in [5, 5.41) is 3.08. The van der Waals surface area contributed by atoms with Crippen molar-refractivity contribution in [2.45, 2.75) is 20.8 Å². The second-order valence-corrected chi connectivity index (χ2v) is 3.51. The van der Waals surface area contributed by atoms with Crippen molar-refractivity contribution in [3.8, 4) is 0 Å². The van der Waals surface area contributed by atoms with E-state index in [2.05, 4.69) is 43.2 Å². The second kappa shape index (κ2) is 4.13. The maximum Gasteiger partial charge on any atom is 0.192 e. The Hall–Kier alpha value is -1.51. The fraction of sp³-hybridized carbons (Fsp3) is 0.364. The van der Waals surface area contributed by atoms with E-state index in [1.54, 1.807) is 7.05 Å². The first-order chi connectivity index (χ1) is 6.54. The van der Waals surface area contributed by atoms with Gasteiger partial charge in [-0.15, -0.1) is 0 Å². The van der Waals surface area contributed by atoms with Crippen molar-refractivity contribution >= 4 is 11.6 Å². The highest BCUT2D eigenvalue weighted by Crippen LogP contribution is 2.21. The van der Waals surface area contributed by atoms with Gasteiger partial charge < -0.3 is 11.1 Å². The Kier molecular flexibility index (Phi) is 3.12. The van der Waals surface area contributed by atoms with E-state index in [0.717, 1.165) is 5.69 Å². The molecule has 0 radical (unpaired) electrons. The molecule has 0 amide bonds. The summed E-state index contributed by atoms with van der Waals surface area (Å²) in [6.07, 6.45) is 0. The minimum absolute atomic E-state index is 0.444. The first kappa shape index (κ1) is 10.6. The van der Waals surface area contributed by atoms with E-state index < -0.39 is 0 Å². The molecule has 0 saturated heterocycles. The molecule has 0 aliphatic carbocycles. The van der Waals surface area contributed by atoms with Crippen molar-refractivity contribution in [1.82, 2.24) is 0 Å². The molecule has 76 valence electrons. The molecule has 0 spiro atoms. The summed E-state index contributed by atoms with van der Waals surface area (Å²) in [6.45, 7) is 6.21. The van der Waals surface area contributed by atoms with Crippen LogP contribution in [0.2, 0.25) is 0 Å². The summed E-state index contributed by atoms with van der Waals surface area (Å²) in [5.74, 6) is 0.444. The van der Waals surface area contributed by atoms with E-state index in [1.165, 1.54) is 16.7 Å². The van der Waals surface area contributed by atoms with Crippen molar-refractivity contribution in [2.24, 2.45) is 10.7 Å². The fourth-order valence-corrected chi connectivity index (χ4v) is 1.56. The number of rotatable bonds is 1. The number of benzene rings is 1. The van der Waals surface area contributed by atoms with Gasteiger partial charge in [-0.2, -0.15) is 0 Å². The number of guanidine groups is 1. The van der Waals surface area contributed by atoms with Crippen LogP contribution in [0.4, 0.5) is 5.69 Å². The monoisotopic (exact) mass is 191 g/mol. The van der Waals surface area contributed by atoms with Gasteiger partial charge in [0.05, 0.1) is 0 Å². The Morgan fingerprint density at radius 2 is 1.71 bits per heavy atom. The lowest BCUT2D eigenvalue weighted by Gasteiger charge is -2.12. The Balaban J connectivity index is 3.09. The standard InChI is InChI=1S/C11H17N3/c1-7-5-8(2)10(9(3)6-7)14-11(12)13-4/h5-6H,1-4H3,(H3,12,13,14). The second-order valence-electron chi connectivity index (χ2n) is 3.51. The van der Waals surface area contributed by atoms with Crippen LogP contribution in [0.25, 0.3) is 0 Å². The molecule has 0 aliphatic heterocycles. The van der Waals surface area contributed by atoms with Gasteiger partial charge in [-0.05, 0) is 31.9 Å². The molecular weight excluding hydrogens is 174 g/mol. The van der Waals surface area contributed by atoms with Gasteiger partial charge in [0.15, 0.2) is 5.96 Å². The normalized spacial score (nSPS) is 11.6. The Bertz CT molecular complexity index is 344. The van der Waals surface area contributed by atoms with Gasteiger partial charge >= 0.3 is 0 Å². The van der Waals surface area contributed by atoms with Gasteiger partial charge in [0.1, 0.15) is 0 Å². The van der Waals surface area contributed by atoms with Crippen LogP contribution < -0.4 is 11.1 Å². The van der Waals surface area contributed by atoms with Crippen LogP contribution in [0, 0.1) is 20.8 Å². The lowest BCUT2D eigenvalue weighted by molar-refractivity contribution is 1.30. The van der Waals surface area contributed by atoms with Crippen LogP contribution in [-0.2, 0) is 0 Å². The predicted molar refractivity (Wildman–Crippen MR) is 61.8 cm³/mol. The van der Waals surface area contributed by atoms with E-state index in [1.807, 2.05) is 0 Å². The van der Waals surface area contributed by atoms with E-state index in [4.69, 9.17) is 5.73 Å². The van der Waals surface area contributed by atoms with E-state index in [0.29, 0.717) is 5.96 Å². The van der Waals surface area contributed by atoms with Crippen LogP contribution in [0.15, 0.2) is 17.1 Å². The summed E-state index contributed by atoms with van der Waals surface area (Å²) < 4.78 is 0. The van der Waals surface area contributed by atoms with Gasteiger partial charge in [0.2, 0.25) is 0 Å². The van der Waals surface area contributed by atoms with Crippen LogP contribution in [0.3, 0.4) is 0 Å². The van der Waals surface area contributed by atoms with Crippen molar-refractivity contribution in [2.75, 3.05) is 12.4 Å². The number of nitrogens with one attached hydrogen (secondary N) is 1. The van der Waals surface area contributed by atoms with Gasteiger partial charge in [-0.25, -0.2) is 0 Å². The number of nitrogens with zero attached hydrogens (tertiary/aromatic N) is 1. The molecule has 14 heavy (non-hydrogen) atoms. The van der Waals surface area contributed by atoms with Crippen molar-refractivity contribution in [1.29, 1.82) is 0 Å². The maximum absolute atomic E-state index is 5.62. The molecule has 0 fully saturated rings. The smallest absolute Gasteiger partial charge is 0.192 e. The van der Waals surface area contributed by atoms with Gasteiger partial charge in [-0.3, -0.25) is 4.99 Å². The zero-order valence-electron chi connectivity index (χ0n) is 9.18. The molecule has 1 aromatic carbocycles. The first-order valence-electron chi connectivity index (χ1n) is 4.61. The molecule has 0 bridgehead atoms. The maximum atomic E-state index is 5.62. The van der Waals surface area contributed by atoms with Gasteiger partial charge in [0.25, 0.3) is 0 Å². The van der Waals surface area contributed by atoms with Crippen LogP contribution in [0.5, 0.6) is 0 Å². The third-order valence-electron chi connectivity index (χ3n) is 2.17. The summed E-state index contributed by atoms with van der Waals surface area (Å²) in [5.41, 5.74) is 10.3. The number of hydrogen-bond acceptors (Lipinski definition) is 1. The summed E-state index contributed by atoms with van der Waals surface area (Å²) >= 11 is 0. The lowest BCUT2D eigenvalue weighted by Crippen LogP contribution is -2.23. The van der Waals surface area contributed by atoms with Crippen molar-refractivity contribution < 1.29 is 0 Å². The molecule has 0 heterocycles. The average molecular weight is 191 g/mol. The molecule has 1 aromatic rings. The third-order valence-corrected chi connectivity index (χ3v) is 2.17. The van der Waals surface area contributed by atoms with Crippen LogP contribution >= 0.6 is 0 Å². The fourth-order valence-electron chi connectivity index (χ4n) is 1.56. The zero-order chi connectivity index (χ0) is 10.7. The molecule has 0 saturated carbocycles. The molecule has 0 unspecified atom stereocenters. The third kappa shape index (κ3) is 2.25. The molecular formula is C11H17N3. The predicted octanol–water partition coefficient (Wildman–Crippen LogP) is 1.97. The molecule has 3 heteroatoms. The van der Waals surface area contributed by atoms with E-state index in [9.17, 15) is 0 Å². The Morgan fingerprint density at radius 1 is 1.21 bits per heavy atom. The van der Waals surface area contributed by atoms with Crippen LogP contribution in [-0.4, -0.2) is 13.0 Å². The first-order valence-corrected chi connectivity index (χ1v) is 4.61. The topological polar surface area (TPSA) is 50.4 Å². The van der Waals surface area contributed by atoms with Gasteiger partial charge in [0, 0.05) is 12.7 Å². The van der Waals surface area contributed by atoms with E-state index in [-0.39, 0.29) is 0 Å². The summed E-state index contributed by atoms with van der Waals surface area (Å²) in [7, 11) is 1.67. The highest BCUT2D eigenvalue weighted by molar-refractivity contribution is 5.93. The summed E-state index contributed by atoms with van der Waals surface area (Å²) in [4.78, 5) is 3.87. The number of hydrogen-bond donors (Lipinski definition) is 2. The largest absolute Gasteiger partial charge is 0.370 e. The Morgan fingerprint density at radius 3 is 2.14 bits per heavy atom. The van der Waals surface area contributed by atoms with Crippen LogP contribution in [0.1, 0.15) is 16.7 Å². The molecule has 3 nitrogen and oxygen atoms in total. The van der Waals surface area contributed by atoms with Crippen molar-refractivity contribution in [3.63, 3.8) is 0 Å². The molecule has 0 atom stereocenters. The zero-order valence-corrected chi connectivity index (χ0v) is 9.18. The molecule has 1 rings (SSSR count). The number of aliphatic imine (C=N–C) groups is 1. The highest BCUT2D eigenvalue weighted by atomic mass is 15.1. The Labute approximate surface area is 85.0 Å². The highest BCUT2D eigenvalue weighted by Gasteiger charge is 2.03. The average Bonchev–Trinajstić information content (AvgIpc) is 2.10. The number of nitrogens with two attached hydrogens (primary N) is 1. The minimum Gasteiger partial charge on any atom is -0.370 e. The lowest BCUT2D eigenvalue weighted by atomic mass is 10.1. The van der Waals surface area contributed by atoms with Gasteiger partial charge in [-0.1, -0.05) is 17.7 Å². The quantitative estimate of drug-likeness (QED) is 0.526. The minimum atomic E-state index is 0.444. The van der Waals surface area contributed by atoms with Crippen molar-refractivity contribution in [3.05, 3.63) is 28.8 Å². The number of anilines is 1. The van der Waals surface area contributed by atoms with E-state index >= 15 is 0 Å². The molecule has 3 N–H and O–H groups in total.